The lowest BCUT2D eigenvalue weighted by atomic mass is 9.87. The average molecular weight is 488 g/mol. The van der Waals surface area contributed by atoms with Crippen LogP contribution < -0.4 is 9.47 Å². The van der Waals surface area contributed by atoms with E-state index in [4.69, 9.17) is 9.15 Å². The lowest BCUT2D eigenvalue weighted by molar-refractivity contribution is -0.275. The van der Waals surface area contributed by atoms with Gasteiger partial charge >= 0.3 is 6.36 Å². The first-order valence-corrected chi connectivity index (χ1v) is 10.9. The molecule has 35 heavy (non-hydrogen) atoms. The Balaban J connectivity index is 1.59. The van der Waals surface area contributed by atoms with Gasteiger partial charge in [-0.25, -0.2) is 9.37 Å². The number of alkyl halides is 3. The summed E-state index contributed by atoms with van der Waals surface area (Å²) in [6.45, 7) is 10.8. The number of ether oxygens (including phenoxy) is 2. The van der Waals surface area contributed by atoms with Crippen molar-refractivity contribution in [2.24, 2.45) is 0 Å². The molecule has 1 saturated heterocycles. The van der Waals surface area contributed by atoms with Gasteiger partial charge in [-0.1, -0.05) is 25.3 Å². The Morgan fingerprint density at radius 3 is 2.60 bits per heavy atom. The van der Waals surface area contributed by atoms with E-state index in [0.717, 1.165) is 29.7 Å². The van der Waals surface area contributed by atoms with Crippen molar-refractivity contribution < 1.29 is 31.5 Å². The average Bonchev–Trinajstić information content (AvgIpc) is 3.25. The minimum Gasteiger partial charge on any atom is -0.496 e. The summed E-state index contributed by atoms with van der Waals surface area (Å²) in [7, 11) is 1.56. The largest absolute Gasteiger partial charge is 0.573 e. The third kappa shape index (κ3) is 5.18. The molecule has 0 N–H and O–H groups in total. The highest BCUT2D eigenvalue weighted by atomic mass is 19.4. The fraction of sp³-hybridized carbons (Fsp3) is 0.269. The summed E-state index contributed by atoms with van der Waals surface area (Å²) >= 11 is 0. The number of halogens is 4. The van der Waals surface area contributed by atoms with E-state index in [1.165, 1.54) is 6.07 Å². The number of methoxy groups -OCH3 is 1. The van der Waals surface area contributed by atoms with E-state index in [0.29, 0.717) is 47.3 Å². The van der Waals surface area contributed by atoms with E-state index in [1.54, 1.807) is 20.2 Å². The summed E-state index contributed by atoms with van der Waals surface area (Å²) in [5.74, 6) is -0.575. The second-order valence-electron chi connectivity index (χ2n) is 8.18. The van der Waals surface area contributed by atoms with Gasteiger partial charge in [-0.05, 0) is 42.7 Å². The number of hydrogen-bond donors (Lipinski definition) is 0. The highest BCUT2D eigenvalue weighted by molar-refractivity contribution is 5.73. The number of hydrogen-bond acceptors (Lipinski definition) is 5. The maximum Gasteiger partial charge on any atom is 0.573 e. The molecule has 0 aliphatic carbocycles. The Morgan fingerprint density at radius 2 is 1.94 bits per heavy atom. The third-order valence-electron chi connectivity index (χ3n) is 5.95. The monoisotopic (exact) mass is 488 g/mol. The van der Waals surface area contributed by atoms with Gasteiger partial charge in [-0.15, -0.1) is 13.2 Å². The summed E-state index contributed by atoms with van der Waals surface area (Å²) in [6.07, 6.45) is -1.98. The molecule has 0 amide bonds. The van der Waals surface area contributed by atoms with Crippen molar-refractivity contribution in [1.82, 2.24) is 9.88 Å². The Morgan fingerprint density at radius 1 is 1.17 bits per heavy atom. The zero-order valence-corrected chi connectivity index (χ0v) is 19.3. The first-order chi connectivity index (χ1) is 16.6. The summed E-state index contributed by atoms with van der Waals surface area (Å²) in [6, 6.07) is 9.08. The number of piperidine rings is 1. The van der Waals surface area contributed by atoms with Gasteiger partial charge < -0.3 is 18.8 Å². The molecule has 2 aromatic carbocycles. The molecule has 9 heteroatoms. The van der Waals surface area contributed by atoms with Crippen molar-refractivity contribution in [3.63, 3.8) is 0 Å². The fourth-order valence-corrected chi connectivity index (χ4v) is 4.27. The Kier molecular flexibility index (Phi) is 6.60. The highest BCUT2D eigenvalue weighted by Gasteiger charge is 2.33. The van der Waals surface area contributed by atoms with Crippen LogP contribution in [0.4, 0.5) is 17.6 Å². The minimum absolute atomic E-state index is 0.324. The van der Waals surface area contributed by atoms with Crippen LogP contribution in [0, 0.1) is 12.7 Å². The van der Waals surface area contributed by atoms with E-state index >= 15 is 0 Å². The Hall–Kier alpha value is -3.75. The molecule has 184 valence electrons. The van der Waals surface area contributed by atoms with Crippen LogP contribution in [0.25, 0.3) is 17.0 Å². The number of nitrogens with zero attached hydrogens (tertiary/aromatic N) is 2. The van der Waals surface area contributed by atoms with Crippen LogP contribution in [-0.4, -0.2) is 29.9 Å². The molecular weight excluding hydrogens is 464 g/mol. The van der Waals surface area contributed by atoms with E-state index < -0.39 is 17.9 Å². The molecule has 5 nitrogen and oxygen atoms in total. The number of benzene rings is 2. The molecule has 1 aliphatic rings. The zero-order valence-electron chi connectivity index (χ0n) is 19.3. The summed E-state index contributed by atoms with van der Waals surface area (Å²) in [5.41, 5.74) is 3.32. The van der Waals surface area contributed by atoms with Crippen molar-refractivity contribution in [3.8, 4) is 22.8 Å². The maximum absolute atomic E-state index is 13.9. The van der Waals surface area contributed by atoms with Crippen LogP contribution in [0.3, 0.4) is 0 Å². The van der Waals surface area contributed by atoms with Gasteiger partial charge in [-0.2, -0.15) is 0 Å². The molecule has 0 spiro atoms. The second-order valence-corrected chi connectivity index (χ2v) is 8.18. The predicted octanol–water partition coefficient (Wildman–Crippen LogP) is 7.06. The van der Waals surface area contributed by atoms with Gasteiger partial charge in [0, 0.05) is 36.3 Å². The molecule has 0 saturated carbocycles. The third-order valence-corrected chi connectivity index (χ3v) is 5.95. The van der Waals surface area contributed by atoms with Gasteiger partial charge in [0.2, 0.25) is 0 Å². The van der Waals surface area contributed by atoms with E-state index in [9.17, 15) is 17.6 Å². The topological polar surface area (TPSA) is 47.7 Å². The van der Waals surface area contributed by atoms with Crippen molar-refractivity contribution in [1.29, 1.82) is 0 Å². The number of likely N-dealkylation sites (tertiary alicyclic amines) is 1. The van der Waals surface area contributed by atoms with Gasteiger partial charge in [0.15, 0.2) is 23.2 Å². The number of aryl methyl sites for hydroxylation is 1. The molecule has 1 unspecified atom stereocenters. The van der Waals surface area contributed by atoms with Gasteiger partial charge in [0.1, 0.15) is 5.75 Å². The minimum atomic E-state index is -4.99. The summed E-state index contributed by atoms with van der Waals surface area (Å²) in [4.78, 5) is 6.05. The maximum atomic E-state index is 13.9. The predicted molar refractivity (Wildman–Crippen MR) is 123 cm³/mol. The van der Waals surface area contributed by atoms with Crippen molar-refractivity contribution in [3.05, 3.63) is 84.3 Å². The second kappa shape index (κ2) is 9.48. The lowest BCUT2D eigenvalue weighted by Crippen LogP contribution is -2.30. The molecule has 3 aromatic rings. The van der Waals surface area contributed by atoms with Crippen LogP contribution in [0.2, 0.25) is 0 Å². The van der Waals surface area contributed by atoms with Crippen LogP contribution in [0.1, 0.15) is 35.8 Å². The van der Waals surface area contributed by atoms with E-state index in [-0.39, 0.29) is 5.92 Å². The van der Waals surface area contributed by atoms with E-state index in [1.807, 2.05) is 23.1 Å². The molecule has 4 rings (SSSR count). The van der Waals surface area contributed by atoms with Crippen molar-refractivity contribution in [2.75, 3.05) is 13.7 Å². The quantitative estimate of drug-likeness (QED) is 0.348. The summed E-state index contributed by atoms with van der Waals surface area (Å²) < 4.78 is 67.0. The normalized spacial score (nSPS) is 16.3. The smallest absolute Gasteiger partial charge is 0.496 e. The fourth-order valence-electron chi connectivity index (χ4n) is 4.27. The lowest BCUT2D eigenvalue weighted by Gasteiger charge is -2.38. The standard InChI is InChI=1S/C26H24F4N2O3/c1-15(18-7-9-21(23(12-18)33-4)25-14-31-17(3)34-25)32-11-5-6-20(16(32)2)19-8-10-22(27)24(13-19)35-26(28,29)30/h7-10,12-14,20H,1-2,5-6,11H2,3-4H3. The van der Waals surface area contributed by atoms with Crippen molar-refractivity contribution >= 4 is 5.70 Å². The molecule has 2 heterocycles. The van der Waals surface area contributed by atoms with Crippen LogP contribution in [0.5, 0.6) is 11.5 Å². The van der Waals surface area contributed by atoms with Gasteiger partial charge in [-0.3, -0.25) is 0 Å². The van der Waals surface area contributed by atoms with Crippen molar-refractivity contribution in [2.45, 2.75) is 32.0 Å². The molecule has 1 atom stereocenters. The van der Waals surface area contributed by atoms with Gasteiger partial charge in [0.25, 0.3) is 0 Å². The molecule has 0 bridgehead atoms. The van der Waals surface area contributed by atoms with Crippen LogP contribution in [-0.2, 0) is 0 Å². The number of oxazole rings is 1. The number of aromatic nitrogens is 1. The van der Waals surface area contributed by atoms with E-state index in [2.05, 4.69) is 22.9 Å². The Labute approximate surface area is 200 Å². The number of allylic oxidation sites excluding steroid dienone is 1. The molecule has 0 radical (unpaired) electrons. The Bertz CT molecular complexity index is 1270. The molecule has 1 aromatic heterocycles. The first kappa shape index (κ1) is 24.4. The van der Waals surface area contributed by atoms with Gasteiger partial charge in [0.05, 0.1) is 18.9 Å². The molecular formula is C26H24F4N2O3. The van der Waals surface area contributed by atoms with Crippen LogP contribution in [0.15, 0.2) is 65.9 Å². The first-order valence-electron chi connectivity index (χ1n) is 10.9. The molecule has 1 fully saturated rings. The summed E-state index contributed by atoms with van der Waals surface area (Å²) in [5, 5.41) is 0. The van der Waals surface area contributed by atoms with Crippen LogP contribution >= 0.6 is 0 Å². The molecule has 1 aliphatic heterocycles. The number of rotatable bonds is 6. The zero-order chi connectivity index (χ0) is 25.3. The SMILES string of the molecule is C=C(c1ccc(-c2cnc(C)o2)c(OC)c1)N1CCCC(c2ccc(F)c(OC(F)(F)F)c2)C1=C. The highest BCUT2D eigenvalue weighted by Crippen LogP contribution is 2.41.